The predicted molar refractivity (Wildman–Crippen MR) is 76.1 cm³/mol. The molecule has 0 amide bonds. The van der Waals surface area contributed by atoms with Gasteiger partial charge in [0, 0.05) is 17.2 Å². The fourth-order valence-electron chi connectivity index (χ4n) is 1.61. The highest BCUT2D eigenvalue weighted by molar-refractivity contribution is 6.30. The third-order valence-electron chi connectivity index (χ3n) is 2.65. The minimum Gasteiger partial charge on any atom is -0.489 e. The van der Waals surface area contributed by atoms with E-state index in [0.717, 1.165) is 0 Å². The highest BCUT2D eigenvalue weighted by atomic mass is 35.5. The van der Waals surface area contributed by atoms with Crippen molar-refractivity contribution in [3.05, 3.63) is 64.2 Å². The van der Waals surface area contributed by atoms with Crippen LogP contribution in [0.4, 0.5) is 8.78 Å². The average Bonchev–Trinajstić information content (AvgIpc) is 2.47. The molecular weight excluding hydrogens is 298 g/mol. The monoisotopic (exact) mass is 308 g/mol. The first kappa shape index (κ1) is 15.3. The normalized spacial score (nSPS) is 9.90. The van der Waals surface area contributed by atoms with Gasteiger partial charge in [-0.15, -0.1) is 0 Å². The molecule has 21 heavy (non-hydrogen) atoms. The van der Waals surface area contributed by atoms with Crippen molar-refractivity contribution in [3.8, 4) is 17.6 Å². The fourth-order valence-corrected chi connectivity index (χ4v) is 1.78. The van der Waals surface area contributed by atoms with Crippen LogP contribution < -0.4 is 4.74 Å². The van der Waals surface area contributed by atoms with Gasteiger partial charge in [0.05, 0.1) is 5.02 Å². The van der Waals surface area contributed by atoms with Gasteiger partial charge in [0.2, 0.25) is 0 Å². The second kappa shape index (κ2) is 7.07. The number of hydrogen-bond acceptors (Lipinski definition) is 2. The summed E-state index contributed by atoms with van der Waals surface area (Å²) in [6.07, 6.45) is 0. The van der Waals surface area contributed by atoms with Crippen molar-refractivity contribution in [1.29, 1.82) is 0 Å². The van der Waals surface area contributed by atoms with Crippen LogP contribution in [0.15, 0.2) is 36.4 Å². The van der Waals surface area contributed by atoms with Gasteiger partial charge in [-0.3, -0.25) is 0 Å². The summed E-state index contributed by atoms with van der Waals surface area (Å²) in [5, 5.41) is 8.53. The number of aliphatic hydroxyl groups is 1. The SMILES string of the molecule is OCC#Cc1ccc(COc2ccc(F)c(Cl)c2)c(F)c1. The van der Waals surface area contributed by atoms with Gasteiger partial charge in [-0.25, -0.2) is 8.78 Å². The second-order valence-corrected chi connectivity index (χ2v) is 4.54. The van der Waals surface area contributed by atoms with Gasteiger partial charge in [0.1, 0.15) is 30.6 Å². The van der Waals surface area contributed by atoms with Crippen LogP contribution in [0.25, 0.3) is 0 Å². The van der Waals surface area contributed by atoms with Gasteiger partial charge in [-0.2, -0.15) is 0 Å². The molecule has 0 aromatic heterocycles. The van der Waals surface area contributed by atoms with Crippen LogP contribution in [-0.2, 0) is 6.61 Å². The van der Waals surface area contributed by atoms with Crippen molar-refractivity contribution in [3.63, 3.8) is 0 Å². The van der Waals surface area contributed by atoms with Crippen LogP contribution in [0.5, 0.6) is 5.75 Å². The van der Waals surface area contributed by atoms with Crippen molar-refractivity contribution in [2.24, 2.45) is 0 Å². The molecule has 0 atom stereocenters. The highest BCUT2D eigenvalue weighted by Gasteiger charge is 2.06. The van der Waals surface area contributed by atoms with Crippen LogP contribution in [0, 0.1) is 23.5 Å². The lowest BCUT2D eigenvalue weighted by atomic mass is 10.1. The Morgan fingerprint density at radius 2 is 1.90 bits per heavy atom. The van der Waals surface area contributed by atoms with E-state index in [1.807, 2.05) is 0 Å². The van der Waals surface area contributed by atoms with Gasteiger partial charge >= 0.3 is 0 Å². The van der Waals surface area contributed by atoms with Crippen LogP contribution in [0.3, 0.4) is 0 Å². The first-order valence-electron chi connectivity index (χ1n) is 6.06. The van der Waals surface area contributed by atoms with E-state index in [0.29, 0.717) is 16.9 Å². The first-order chi connectivity index (χ1) is 10.1. The van der Waals surface area contributed by atoms with E-state index < -0.39 is 11.6 Å². The Kier molecular flexibility index (Phi) is 5.15. The summed E-state index contributed by atoms with van der Waals surface area (Å²) < 4.78 is 32.2. The van der Waals surface area contributed by atoms with E-state index in [1.54, 1.807) is 12.1 Å². The smallest absolute Gasteiger partial charge is 0.142 e. The maximum absolute atomic E-state index is 13.8. The summed E-state index contributed by atoms with van der Waals surface area (Å²) in [5.74, 6) is 4.40. The molecule has 2 aromatic rings. The molecule has 0 radical (unpaired) electrons. The molecule has 2 nitrogen and oxygen atoms in total. The molecule has 0 bridgehead atoms. The second-order valence-electron chi connectivity index (χ2n) is 4.13. The maximum Gasteiger partial charge on any atom is 0.142 e. The van der Waals surface area contributed by atoms with Crippen molar-refractivity contribution >= 4 is 11.6 Å². The predicted octanol–water partition coefficient (Wildman–Crippen LogP) is 3.54. The molecule has 0 fully saturated rings. The zero-order chi connectivity index (χ0) is 15.2. The quantitative estimate of drug-likeness (QED) is 0.879. The molecule has 0 spiro atoms. The molecule has 0 saturated heterocycles. The summed E-state index contributed by atoms with van der Waals surface area (Å²) in [7, 11) is 0. The number of rotatable bonds is 3. The Morgan fingerprint density at radius 1 is 1.10 bits per heavy atom. The Hall–Kier alpha value is -2.09. The van der Waals surface area contributed by atoms with E-state index in [2.05, 4.69) is 11.8 Å². The van der Waals surface area contributed by atoms with Gasteiger partial charge in [-0.05, 0) is 24.3 Å². The van der Waals surface area contributed by atoms with Crippen LogP contribution in [0.1, 0.15) is 11.1 Å². The number of ether oxygens (including phenoxy) is 1. The minimum absolute atomic E-state index is 0.0124. The molecule has 5 heteroatoms. The molecule has 0 heterocycles. The van der Waals surface area contributed by atoms with Crippen LogP contribution in [0.2, 0.25) is 5.02 Å². The molecular formula is C16H11ClF2O2. The molecule has 0 aliphatic heterocycles. The largest absolute Gasteiger partial charge is 0.489 e. The topological polar surface area (TPSA) is 29.5 Å². The first-order valence-corrected chi connectivity index (χ1v) is 6.44. The summed E-state index contributed by atoms with van der Waals surface area (Å²) in [6.45, 7) is -0.292. The van der Waals surface area contributed by atoms with Crippen molar-refractivity contribution in [2.45, 2.75) is 6.61 Å². The minimum atomic E-state index is -0.540. The molecule has 0 aliphatic rings. The van der Waals surface area contributed by atoms with Gasteiger partial charge < -0.3 is 9.84 Å². The third kappa shape index (κ3) is 4.19. The van der Waals surface area contributed by atoms with Gasteiger partial charge in [0.25, 0.3) is 0 Å². The Balaban J connectivity index is 2.07. The zero-order valence-corrected chi connectivity index (χ0v) is 11.6. The van der Waals surface area contributed by atoms with E-state index in [4.69, 9.17) is 21.4 Å². The Labute approximate surface area is 125 Å². The van der Waals surface area contributed by atoms with Crippen molar-refractivity contribution in [2.75, 3.05) is 6.61 Å². The number of aliphatic hydroxyl groups excluding tert-OH is 1. The molecule has 0 saturated carbocycles. The molecule has 0 unspecified atom stereocenters. The third-order valence-corrected chi connectivity index (χ3v) is 2.94. The summed E-state index contributed by atoms with van der Waals surface area (Å²) >= 11 is 5.63. The van der Waals surface area contributed by atoms with Gasteiger partial charge in [-0.1, -0.05) is 29.5 Å². The van der Waals surface area contributed by atoms with Crippen LogP contribution >= 0.6 is 11.6 Å². The van der Waals surface area contributed by atoms with Crippen molar-refractivity contribution in [1.82, 2.24) is 0 Å². The standard InChI is InChI=1S/C16H11ClF2O2/c17-14-9-13(5-6-15(14)18)21-10-12-4-3-11(2-1-7-20)8-16(12)19/h3-6,8-9,20H,7,10H2. The van der Waals surface area contributed by atoms with E-state index in [-0.39, 0.29) is 18.2 Å². The molecule has 2 rings (SSSR count). The van der Waals surface area contributed by atoms with E-state index >= 15 is 0 Å². The van der Waals surface area contributed by atoms with E-state index in [1.165, 1.54) is 24.3 Å². The van der Waals surface area contributed by atoms with E-state index in [9.17, 15) is 8.78 Å². The summed E-state index contributed by atoms with van der Waals surface area (Å²) in [6, 6.07) is 8.36. The lowest BCUT2D eigenvalue weighted by Crippen LogP contribution is -1.99. The lowest BCUT2D eigenvalue weighted by Gasteiger charge is -2.08. The number of hydrogen-bond donors (Lipinski definition) is 1. The Bertz CT molecular complexity index is 705. The molecule has 2 aromatic carbocycles. The summed E-state index contributed by atoms with van der Waals surface area (Å²) in [4.78, 5) is 0. The lowest BCUT2D eigenvalue weighted by molar-refractivity contribution is 0.299. The molecule has 0 aliphatic carbocycles. The van der Waals surface area contributed by atoms with Crippen LogP contribution in [-0.4, -0.2) is 11.7 Å². The zero-order valence-electron chi connectivity index (χ0n) is 10.9. The molecule has 108 valence electrons. The number of halogens is 3. The van der Waals surface area contributed by atoms with Gasteiger partial charge in [0.15, 0.2) is 0 Å². The fraction of sp³-hybridized carbons (Fsp3) is 0.125. The number of benzene rings is 2. The molecule has 1 N–H and O–H groups in total. The average molecular weight is 309 g/mol. The Morgan fingerprint density at radius 3 is 2.57 bits per heavy atom. The highest BCUT2D eigenvalue weighted by Crippen LogP contribution is 2.22. The van der Waals surface area contributed by atoms with Crippen molar-refractivity contribution < 1.29 is 18.6 Å². The maximum atomic E-state index is 13.8. The summed E-state index contributed by atoms with van der Waals surface area (Å²) in [5.41, 5.74) is 0.806.